The first-order chi connectivity index (χ1) is 12.6. The average Bonchev–Trinajstić information content (AvgIpc) is 2.66. The maximum absolute atomic E-state index is 12.4. The van der Waals surface area contributed by atoms with E-state index in [9.17, 15) is 9.59 Å². The lowest BCUT2D eigenvalue weighted by molar-refractivity contribution is 0.152. The molecule has 1 aromatic heterocycles. The topological polar surface area (TPSA) is 48.3 Å². The third kappa shape index (κ3) is 3.59. The van der Waals surface area contributed by atoms with Crippen LogP contribution in [0.25, 0.3) is 0 Å². The van der Waals surface area contributed by atoms with E-state index in [1.807, 2.05) is 66.7 Å². The van der Waals surface area contributed by atoms with Gasteiger partial charge in [-0.3, -0.25) is 4.79 Å². The molecule has 0 aliphatic rings. The van der Waals surface area contributed by atoms with Gasteiger partial charge in [0.25, 0.3) is 5.56 Å². The molecule has 26 heavy (non-hydrogen) atoms. The van der Waals surface area contributed by atoms with Gasteiger partial charge in [-0.2, -0.15) is 0 Å². The van der Waals surface area contributed by atoms with E-state index in [0.29, 0.717) is 5.56 Å². The number of pyridine rings is 1. The molecule has 0 bridgehead atoms. The van der Waals surface area contributed by atoms with Gasteiger partial charge in [0.05, 0.1) is 6.61 Å². The Morgan fingerprint density at radius 2 is 1.50 bits per heavy atom. The number of ether oxygens (including phenoxy) is 1. The van der Waals surface area contributed by atoms with E-state index < -0.39 is 6.09 Å². The van der Waals surface area contributed by atoms with E-state index in [1.54, 1.807) is 20.0 Å². The van der Waals surface area contributed by atoms with Crippen LogP contribution in [-0.2, 0) is 4.74 Å². The Morgan fingerprint density at radius 3 is 2.00 bits per heavy atom. The molecule has 0 aliphatic heterocycles. The zero-order valence-electron chi connectivity index (χ0n) is 14.9. The maximum Gasteiger partial charge on any atom is 0.420 e. The largest absolute Gasteiger partial charge is 0.449 e. The minimum atomic E-state index is -0.651. The molecule has 0 spiro atoms. The molecule has 0 saturated heterocycles. The summed E-state index contributed by atoms with van der Waals surface area (Å²) in [6.45, 7) is 3.65. The lowest BCUT2D eigenvalue weighted by Gasteiger charge is -2.20. The molecule has 0 aliphatic carbocycles. The smallest absolute Gasteiger partial charge is 0.420 e. The molecule has 0 N–H and O–H groups in total. The van der Waals surface area contributed by atoms with Crippen LogP contribution in [-0.4, -0.2) is 17.3 Å². The lowest BCUT2D eigenvalue weighted by atomic mass is 9.85. The molecule has 3 aromatic rings. The summed E-state index contributed by atoms with van der Waals surface area (Å²) in [4.78, 5) is 24.6. The first kappa shape index (κ1) is 17.7. The van der Waals surface area contributed by atoms with Crippen LogP contribution in [0.3, 0.4) is 0 Å². The Bertz CT molecular complexity index is 907. The highest BCUT2D eigenvalue weighted by Crippen LogP contribution is 2.31. The van der Waals surface area contributed by atoms with E-state index in [2.05, 4.69) is 0 Å². The highest BCUT2D eigenvalue weighted by Gasteiger charge is 2.20. The summed E-state index contributed by atoms with van der Waals surface area (Å²) >= 11 is 0. The van der Waals surface area contributed by atoms with Crippen LogP contribution in [0.5, 0.6) is 0 Å². The standard InChI is InChI=1S/C22H21NO3/c1-3-26-22(25)23-15-19(14-16(2)21(23)24)20(17-10-6-4-7-11-17)18-12-8-5-9-13-18/h4-15,20H,3H2,1-2H3. The van der Waals surface area contributed by atoms with Gasteiger partial charge in [-0.1, -0.05) is 60.7 Å². The molecule has 1 heterocycles. The van der Waals surface area contributed by atoms with Crippen LogP contribution in [0.1, 0.15) is 35.1 Å². The van der Waals surface area contributed by atoms with Gasteiger partial charge < -0.3 is 4.74 Å². The number of nitrogens with zero attached hydrogens (tertiary/aromatic N) is 1. The quantitative estimate of drug-likeness (QED) is 0.705. The number of aromatic nitrogens is 1. The van der Waals surface area contributed by atoms with Crippen molar-refractivity contribution in [3.63, 3.8) is 0 Å². The van der Waals surface area contributed by atoms with E-state index in [4.69, 9.17) is 4.74 Å². The first-order valence-corrected chi connectivity index (χ1v) is 8.62. The molecule has 0 amide bonds. The molecule has 0 radical (unpaired) electrons. The predicted octanol–water partition coefficient (Wildman–Crippen LogP) is 4.34. The molecule has 132 valence electrons. The Balaban J connectivity index is 2.19. The Hall–Kier alpha value is -3.14. The van der Waals surface area contributed by atoms with Crippen LogP contribution >= 0.6 is 0 Å². The van der Waals surface area contributed by atoms with Crippen molar-refractivity contribution in [3.8, 4) is 0 Å². The summed E-state index contributed by atoms with van der Waals surface area (Å²) in [5.74, 6) is -0.0858. The van der Waals surface area contributed by atoms with Gasteiger partial charge in [-0.05, 0) is 36.6 Å². The van der Waals surface area contributed by atoms with Crippen molar-refractivity contribution >= 4 is 6.09 Å². The van der Waals surface area contributed by atoms with Crippen molar-refractivity contribution < 1.29 is 9.53 Å². The molecule has 0 fully saturated rings. The van der Waals surface area contributed by atoms with Gasteiger partial charge >= 0.3 is 6.09 Å². The zero-order chi connectivity index (χ0) is 18.5. The summed E-state index contributed by atoms with van der Waals surface area (Å²) in [7, 11) is 0. The fraction of sp³-hybridized carbons (Fsp3) is 0.182. The van der Waals surface area contributed by atoms with Crippen molar-refractivity contribution in [3.05, 3.63) is 106 Å². The molecular weight excluding hydrogens is 326 g/mol. The number of benzene rings is 2. The fourth-order valence-corrected chi connectivity index (χ4v) is 3.10. The van der Waals surface area contributed by atoms with Gasteiger partial charge in [0.2, 0.25) is 0 Å². The zero-order valence-corrected chi connectivity index (χ0v) is 14.9. The van der Waals surface area contributed by atoms with Crippen LogP contribution in [0.15, 0.2) is 77.7 Å². The number of aryl methyl sites for hydroxylation is 1. The number of carbonyl (C=O) groups excluding carboxylic acids is 1. The van der Waals surface area contributed by atoms with E-state index in [1.165, 1.54) is 0 Å². The lowest BCUT2D eigenvalue weighted by Crippen LogP contribution is -2.30. The normalized spacial score (nSPS) is 10.7. The van der Waals surface area contributed by atoms with Crippen molar-refractivity contribution in [1.82, 2.24) is 4.57 Å². The number of hydrogen-bond donors (Lipinski definition) is 0. The van der Waals surface area contributed by atoms with E-state index in [0.717, 1.165) is 21.3 Å². The summed E-state index contributed by atoms with van der Waals surface area (Å²) in [6, 6.07) is 21.9. The van der Waals surface area contributed by atoms with Gasteiger partial charge in [-0.15, -0.1) is 0 Å². The van der Waals surface area contributed by atoms with Gasteiger partial charge in [-0.25, -0.2) is 9.36 Å². The maximum atomic E-state index is 12.4. The monoisotopic (exact) mass is 347 g/mol. The number of hydrogen-bond acceptors (Lipinski definition) is 3. The van der Waals surface area contributed by atoms with Crippen LogP contribution in [0.2, 0.25) is 0 Å². The second-order valence-electron chi connectivity index (χ2n) is 6.08. The van der Waals surface area contributed by atoms with Crippen LogP contribution in [0, 0.1) is 6.92 Å². The minimum absolute atomic E-state index is 0.0858. The number of carbonyl (C=O) groups is 1. The molecule has 2 aromatic carbocycles. The SMILES string of the molecule is CCOC(=O)n1cc(C(c2ccccc2)c2ccccc2)cc(C)c1=O. The summed E-state index contributed by atoms with van der Waals surface area (Å²) < 4.78 is 6.10. The van der Waals surface area contributed by atoms with Gasteiger partial charge in [0.15, 0.2) is 0 Å². The summed E-state index contributed by atoms with van der Waals surface area (Å²) in [6.07, 6.45) is 0.945. The molecular formula is C22H21NO3. The van der Waals surface area contributed by atoms with Crippen molar-refractivity contribution in [2.75, 3.05) is 6.61 Å². The molecule has 0 unspecified atom stereocenters. The van der Waals surface area contributed by atoms with Crippen molar-refractivity contribution in [2.24, 2.45) is 0 Å². The molecule has 0 atom stereocenters. The Labute approximate surface area is 152 Å². The van der Waals surface area contributed by atoms with Crippen LogP contribution < -0.4 is 5.56 Å². The van der Waals surface area contributed by atoms with Crippen molar-refractivity contribution in [2.45, 2.75) is 19.8 Å². The molecule has 0 saturated carbocycles. The minimum Gasteiger partial charge on any atom is -0.449 e. The molecule has 3 rings (SSSR count). The second kappa shape index (κ2) is 7.83. The van der Waals surface area contributed by atoms with Gasteiger partial charge in [0, 0.05) is 17.7 Å². The third-order valence-electron chi connectivity index (χ3n) is 4.28. The van der Waals surface area contributed by atoms with Gasteiger partial charge in [0.1, 0.15) is 0 Å². The third-order valence-corrected chi connectivity index (χ3v) is 4.28. The highest BCUT2D eigenvalue weighted by atomic mass is 16.5. The average molecular weight is 347 g/mol. The predicted molar refractivity (Wildman–Crippen MR) is 102 cm³/mol. The Kier molecular flexibility index (Phi) is 5.32. The summed E-state index contributed by atoms with van der Waals surface area (Å²) in [5, 5.41) is 0. The van der Waals surface area contributed by atoms with E-state index >= 15 is 0 Å². The summed E-state index contributed by atoms with van der Waals surface area (Å²) in [5.41, 5.74) is 3.20. The van der Waals surface area contributed by atoms with Crippen molar-refractivity contribution in [1.29, 1.82) is 0 Å². The van der Waals surface area contributed by atoms with Crippen LogP contribution in [0.4, 0.5) is 4.79 Å². The molecule has 4 nitrogen and oxygen atoms in total. The second-order valence-corrected chi connectivity index (χ2v) is 6.08. The first-order valence-electron chi connectivity index (χ1n) is 8.62. The Morgan fingerprint density at radius 1 is 0.962 bits per heavy atom. The highest BCUT2D eigenvalue weighted by molar-refractivity contribution is 5.70. The van der Waals surface area contributed by atoms with E-state index in [-0.39, 0.29) is 18.1 Å². The number of rotatable bonds is 4. The fourth-order valence-electron chi connectivity index (χ4n) is 3.10. The molecule has 4 heteroatoms.